The van der Waals surface area contributed by atoms with Gasteiger partial charge in [0.2, 0.25) is 0 Å². The van der Waals surface area contributed by atoms with Crippen molar-refractivity contribution in [3.63, 3.8) is 0 Å². The van der Waals surface area contributed by atoms with Crippen LogP contribution in [0.1, 0.15) is 97.9 Å². The molecule has 0 spiro atoms. The van der Waals surface area contributed by atoms with Gasteiger partial charge in [0.15, 0.2) is 0 Å². The molecule has 0 saturated carbocycles. The number of rotatable bonds is 16. The predicted octanol–water partition coefficient (Wildman–Crippen LogP) is 9.90. The van der Waals surface area contributed by atoms with Gasteiger partial charge < -0.3 is 40.0 Å². The van der Waals surface area contributed by atoms with Crippen molar-refractivity contribution in [1.82, 2.24) is 19.6 Å². The van der Waals surface area contributed by atoms with Gasteiger partial charge in [0, 0.05) is 48.4 Å². The highest BCUT2D eigenvalue weighted by atomic mass is 16.3. The molecule has 0 heterocycles. The summed E-state index contributed by atoms with van der Waals surface area (Å²) < 4.78 is 0. The Balaban J connectivity index is 0.000000300. The van der Waals surface area contributed by atoms with E-state index in [1.807, 2.05) is 80.6 Å². The highest BCUT2D eigenvalue weighted by Crippen LogP contribution is 2.37. The third-order valence-electron chi connectivity index (χ3n) is 9.80. The monoisotopic (exact) mass is 765 g/mol. The normalized spacial score (nSPS) is 12.6. The second kappa shape index (κ2) is 21.6. The lowest BCUT2D eigenvalue weighted by Crippen LogP contribution is -2.11. The van der Waals surface area contributed by atoms with E-state index in [2.05, 4.69) is 71.6 Å². The summed E-state index contributed by atoms with van der Waals surface area (Å²) in [4.78, 5) is 8.23. The van der Waals surface area contributed by atoms with Crippen molar-refractivity contribution in [3.8, 4) is 23.0 Å². The molecular formula is C48H68N4O4. The van der Waals surface area contributed by atoms with E-state index in [1.54, 1.807) is 24.3 Å². The molecule has 8 heteroatoms. The largest absolute Gasteiger partial charge is 0.508 e. The number of phenols is 4. The van der Waals surface area contributed by atoms with E-state index >= 15 is 0 Å². The summed E-state index contributed by atoms with van der Waals surface area (Å²) in [6, 6.07) is 23.6. The van der Waals surface area contributed by atoms with Crippen molar-refractivity contribution in [2.75, 3.05) is 56.4 Å². The third-order valence-corrected chi connectivity index (χ3v) is 9.80. The Morgan fingerprint density at radius 2 is 0.518 bits per heavy atom. The molecule has 304 valence electrons. The Labute approximate surface area is 337 Å². The molecule has 56 heavy (non-hydrogen) atoms. The van der Waals surface area contributed by atoms with Crippen molar-refractivity contribution in [3.05, 3.63) is 117 Å². The van der Waals surface area contributed by atoms with Crippen LogP contribution in [-0.2, 0) is 26.2 Å². The molecule has 0 saturated heterocycles. The molecule has 0 fully saturated rings. The Hall–Kier alpha value is -4.60. The van der Waals surface area contributed by atoms with E-state index in [0.717, 1.165) is 70.2 Å². The topological polar surface area (TPSA) is 93.9 Å². The summed E-state index contributed by atoms with van der Waals surface area (Å²) in [5.74, 6) is 1.35. The number of allylic oxidation sites excluding steroid dienone is 4. The third kappa shape index (κ3) is 12.7. The van der Waals surface area contributed by atoms with Crippen LogP contribution in [-0.4, -0.2) is 96.4 Å². The number of phenolic OH excluding ortho intramolecular Hbond substituents is 4. The molecule has 0 amide bonds. The number of nitrogens with zero attached hydrogens (tertiary/aromatic N) is 4. The predicted molar refractivity (Wildman–Crippen MR) is 237 cm³/mol. The second-order valence-electron chi connectivity index (χ2n) is 15.7. The minimum Gasteiger partial charge on any atom is -0.508 e. The molecule has 0 bridgehead atoms. The van der Waals surface area contributed by atoms with Crippen LogP contribution in [0.4, 0.5) is 0 Å². The Bertz CT molecular complexity index is 1680. The van der Waals surface area contributed by atoms with Crippen LogP contribution in [0.3, 0.4) is 0 Å². The minimum absolute atomic E-state index is 0.337. The summed E-state index contributed by atoms with van der Waals surface area (Å²) in [5.41, 5.74) is 13.5. The first-order valence-corrected chi connectivity index (χ1v) is 19.8. The molecule has 0 aliphatic carbocycles. The van der Waals surface area contributed by atoms with Crippen LogP contribution in [0.5, 0.6) is 23.0 Å². The molecule has 0 aliphatic rings. The Morgan fingerprint density at radius 1 is 0.339 bits per heavy atom. The van der Waals surface area contributed by atoms with Crippen LogP contribution < -0.4 is 0 Å². The number of benzene rings is 4. The molecule has 0 atom stereocenters. The van der Waals surface area contributed by atoms with Crippen LogP contribution in [0.25, 0.3) is 22.3 Å². The van der Waals surface area contributed by atoms with Crippen molar-refractivity contribution in [2.45, 2.75) is 79.6 Å². The summed E-state index contributed by atoms with van der Waals surface area (Å²) in [6.45, 7) is 11.5. The first-order valence-electron chi connectivity index (χ1n) is 19.8. The van der Waals surface area contributed by atoms with Gasteiger partial charge in [0.1, 0.15) is 23.0 Å². The Morgan fingerprint density at radius 3 is 0.661 bits per heavy atom. The van der Waals surface area contributed by atoms with Crippen LogP contribution in [0.15, 0.2) is 72.8 Å². The smallest absolute Gasteiger partial charge is 0.120 e. The van der Waals surface area contributed by atoms with Gasteiger partial charge in [-0.3, -0.25) is 0 Å². The van der Waals surface area contributed by atoms with Gasteiger partial charge in [-0.1, -0.05) is 52.0 Å². The fraction of sp³-hybridized carbons (Fsp3) is 0.417. The molecule has 0 radical (unpaired) electrons. The fourth-order valence-corrected chi connectivity index (χ4v) is 7.33. The lowest BCUT2D eigenvalue weighted by Gasteiger charge is -2.18. The van der Waals surface area contributed by atoms with Gasteiger partial charge in [-0.2, -0.15) is 0 Å². The summed E-state index contributed by atoms with van der Waals surface area (Å²) in [6.07, 6.45) is 3.61. The van der Waals surface area contributed by atoms with Gasteiger partial charge in [-0.15, -0.1) is 0 Å². The maximum absolute atomic E-state index is 10.2. The maximum Gasteiger partial charge on any atom is 0.120 e. The van der Waals surface area contributed by atoms with Crippen molar-refractivity contribution >= 4 is 22.3 Å². The average Bonchev–Trinajstić information content (AvgIpc) is 3.13. The molecule has 4 aromatic carbocycles. The molecule has 4 aromatic rings. The van der Waals surface area contributed by atoms with Crippen molar-refractivity contribution in [1.29, 1.82) is 0 Å². The van der Waals surface area contributed by atoms with Gasteiger partial charge in [-0.25, -0.2) is 0 Å². The zero-order valence-electron chi connectivity index (χ0n) is 36.2. The molecule has 4 rings (SSSR count). The zero-order chi connectivity index (χ0) is 41.7. The Kier molecular flexibility index (Phi) is 17.7. The van der Waals surface area contributed by atoms with Gasteiger partial charge in [0.25, 0.3) is 0 Å². The zero-order valence-corrected chi connectivity index (χ0v) is 36.2. The summed E-state index contributed by atoms with van der Waals surface area (Å²) in [5, 5.41) is 40.9. The van der Waals surface area contributed by atoms with Crippen molar-refractivity contribution in [2.24, 2.45) is 0 Å². The number of hydrogen-bond donors (Lipinski definition) is 4. The number of aromatic hydroxyl groups is 4. The van der Waals surface area contributed by atoms with E-state index in [1.165, 1.54) is 22.3 Å². The highest BCUT2D eigenvalue weighted by Gasteiger charge is 2.16. The molecule has 0 aromatic heterocycles. The van der Waals surface area contributed by atoms with Gasteiger partial charge in [0.05, 0.1) is 0 Å². The quantitative estimate of drug-likeness (QED) is 0.0839. The van der Waals surface area contributed by atoms with Crippen molar-refractivity contribution < 1.29 is 20.4 Å². The van der Waals surface area contributed by atoms with E-state index < -0.39 is 0 Å². The van der Waals surface area contributed by atoms with E-state index in [-0.39, 0.29) is 0 Å². The highest BCUT2D eigenvalue weighted by molar-refractivity contribution is 5.92. The molecule has 8 nitrogen and oxygen atoms in total. The van der Waals surface area contributed by atoms with Crippen LogP contribution in [0, 0.1) is 0 Å². The maximum atomic E-state index is 10.2. The van der Waals surface area contributed by atoms with E-state index in [0.29, 0.717) is 49.2 Å². The first kappa shape index (κ1) is 45.8. The molecular weight excluding hydrogens is 697 g/mol. The van der Waals surface area contributed by atoms with E-state index in [4.69, 9.17) is 0 Å². The first-order chi connectivity index (χ1) is 26.5. The van der Waals surface area contributed by atoms with Crippen LogP contribution >= 0.6 is 0 Å². The standard InChI is InChI=1S/2C24H34N2O2/c2*1-7-21(17-9-11-23(27)19(13-17)15-25(3)4)22(8-2)18-10-12-24(28)20(14-18)16-26(5)6/h2*9-14,27-28H,7-8,15-16H2,1-6H3/b22-21+;22-21-. The molecule has 0 unspecified atom stereocenters. The van der Waals surface area contributed by atoms with E-state index in [9.17, 15) is 20.4 Å². The molecule has 4 N–H and O–H groups in total. The second-order valence-corrected chi connectivity index (χ2v) is 15.7. The summed E-state index contributed by atoms with van der Waals surface area (Å²) in [7, 11) is 16.0. The number of hydrogen-bond acceptors (Lipinski definition) is 8. The van der Waals surface area contributed by atoms with Crippen LogP contribution in [0.2, 0.25) is 0 Å². The summed E-state index contributed by atoms with van der Waals surface area (Å²) >= 11 is 0. The fourth-order valence-electron chi connectivity index (χ4n) is 7.33. The van der Waals surface area contributed by atoms with Gasteiger partial charge >= 0.3 is 0 Å². The minimum atomic E-state index is 0.337. The SMILES string of the molecule is CC/C(=C(/CC)c1ccc(O)c(CN(C)C)c1)c1ccc(O)c(CN(C)C)c1.CC/C(=C(\CC)c1ccc(O)c(CN(C)C)c1)c1ccc(O)c(CN(C)C)c1. The average molecular weight is 765 g/mol. The molecule has 0 aliphatic heterocycles. The lowest BCUT2D eigenvalue weighted by atomic mass is 9.89. The van der Waals surface area contributed by atoms with Gasteiger partial charge in [-0.05, 0) is 175 Å². The lowest BCUT2D eigenvalue weighted by molar-refractivity contribution is 0.386.